The molecule has 2 N–H and O–H groups in total. The van der Waals surface area contributed by atoms with E-state index in [1.165, 1.54) is 0 Å². The third-order valence-corrected chi connectivity index (χ3v) is 4.09. The number of benzene rings is 1. The number of aryl methyl sites for hydroxylation is 1. The standard InChI is InChI=1S/C13H12ClN3S/c1-2-17-11-4-3-8(14)7-10(11)16-13(17)12-9(15)5-6-18-12/h3-7H,2,15H2,1H3. The van der Waals surface area contributed by atoms with Crippen LogP contribution in [0, 0.1) is 0 Å². The highest BCUT2D eigenvalue weighted by atomic mass is 35.5. The Hall–Kier alpha value is -1.52. The van der Waals surface area contributed by atoms with Crippen molar-refractivity contribution in [2.75, 3.05) is 5.73 Å². The molecular weight excluding hydrogens is 266 g/mol. The van der Waals surface area contributed by atoms with E-state index in [0.717, 1.165) is 34.0 Å². The van der Waals surface area contributed by atoms with Gasteiger partial charge < -0.3 is 10.3 Å². The summed E-state index contributed by atoms with van der Waals surface area (Å²) >= 11 is 7.62. The number of halogens is 1. The van der Waals surface area contributed by atoms with Crippen LogP contribution in [0.5, 0.6) is 0 Å². The molecule has 0 aliphatic rings. The minimum atomic E-state index is 0.703. The minimum Gasteiger partial charge on any atom is -0.397 e. The van der Waals surface area contributed by atoms with Gasteiger partial charge in [-0.3, -0.25) is 0 Å². The van der Waals surface area contributed by atoms with Gasteiger partial charge in [0.25, 0.3) is 0 Å². The van der Waals surface area contributed by atoms with E-state index in [1.54, 1.807) is 11.3 Å². The van der Waals surface area contributed by atoms with Gasteiger partial charge in [0.05, 0.1) is 21.6 Å². The third kappa shape index (κ3) is 1.69. The molecule has 0 radical (unpaired) electrons. The smallest absolute Gasteiger partial charge is 0.153 e. The second kappa shape index (κ2) is 4.30. The molecule has 3 nitrogen and oxygen atoms in total. The van der Waals surface area contributed by atoms with Crippen molar-refractivity contribution in [1.82, 2.24) is 9.55 Å². The molecule has 0 aliphatic heterocycles. The Morgan fingerprint density at radius 3 is 2.89 bits per heavy atom. The van der Waals surface area contributed by atoms with E-state index in [0.29, 0.717) is 5.02 Å². The van der Waals surface area contributed by atoms with E-state index >= 15 is 0 Å². The van der Waals surface area contributed by atoms with Gasteiger partial charge in [-0.25, -0.2) is 4.98 Å². The van der Waals surface area contributed by atoms with Gasteiger partial charge in [-0.15, -0.1) is 11.3 Å². The van der Waals surface area contributed by atoms with Crippen molar-refractivity contribution in [2.45, 2.75) is 13.5 Å². The Morgan fingerprint density at radius 2 is 2.22 bits per heavy atom. The van der Waals surface area contributed by atoms with Crippen molar-refractivity contribution in [2.24, 2.45) is 0 Å². The van der Waals surface area contributed by atoms with Gasteiger partial charge in [-0.1, -0.05) is 11.6 Å². The molecule has 0 saturated carbocycles. The van der Waals surface area contributed by atoms with Crippen LogP contribution in [0.15, 0.2) is 29.6 Å². The quantitative estimate of drug-likeness (QED) is 0.769. The SMILES string of the molecule is CCn1c(-c2sccc2N)nc2cc(Cl)ccc21. The van der Waals surface area contributed by atoms with E-state index in [4.69, 9.17) is 17.3 Å². The molecule has 18 heavy (non-hydrogen) atoms. The van der Waals surface area contributed by atoms with Crippen LogP contribution >= 0.6 is 22.9 Å². The molecule has 0 bridgehead atoms. The summed E-state index contributed by atoms with van der Waals surface area (Å²) in [6.45, 7) is 2.95. The second-order valence-corrected chi connectivity index (χ2v) is 5.37. The average Bonchev–Trinajstić information content (AvgIpc) is 2.91. The van der Waals surface area contributed by atoms with E-state index in [1.807, 2.05) is 29.6 Å². The van der Waals surface area contributed by atoms with Crippen molar-refractivity contribution in [3.63, 3.8) is 0 Å². The average molecular weight is 278 g/mol. The summed E-state index contributed by atoms with van der Waals surface area (Å²) in [6.07, 6.45) is 0. The highest BCUT2D eigenvalue weighted by Crippen LogP contribution is 2.33. The maximum absolute atomic E-state index is 6.01. The fourth-order valence-electron chi connectivity index (χ4n) is 2.10. The van der Waals surface area contributed by atoms with E-state index < -0.39 is 0 Å². The van der Waals surface area contributed by atoms with Gasteiger partial charge in [0.2, 0.25) is 0 Å². The van der Waals surface area contributed by atoms with E-state index in [9.17, 15) is 0 Å². The molecule has 5 heteroatoms. The van der Waals surface area contributed by atoms with Crippen molar-refractivity contribution in [3.8, 4) is 10.7 Å². The topological polar surface area (TPSA) is 43.8 Å². The normalized spacial score (nSPS) is 11.2. The van der Waals surface area contributed by atoms with Crippen LogP contribution in [-0.2, 0) is 6.54 Å². The molecule has 0 spiro atoms. The van der Waals surface area contributed by atoms with Crippen LogP contribution < -0.4 is 5.73 Å². The van der Waals surface area contributed by atoms with Crippen LogP contribution in [-0.4, -0.2) is 9.55 Å². The lowest BCUT2D eigenvalue weighted by atomic mass is 10.3. The minimum absolute atomic E-state index is 0.703. The molecule has 3 aromatic rings. The first kappa shape index (κ1) is 11.6. The predicted molar refractivity (Wildman–Crippen MR) is 78.1 cm³/mol. The van der Waals surface area contributed by atoms with Gasteiger partial charge in [0, 0.05) is 11.6 Å². The number of nitrogen functional groups attached to an aromatic ring is 1. The maximum atomic E-state index is 6.01. The van der Waals surface area contributed by atoms with Gasteiger partial charge >= 0.3 is 0 Å². The highest BCUT2D eigenvalue weighted by molar-refractivity contribution is 7.14. The molecule has 2 aromatic heterocycles. The Morgan fingerprint density at radius 1 is 1.39 bits per heavy atom. The first-order valence-corrected chi connectivity index (χ1v) is 6.95. The molecule has 0 atom stereocenters. The number of hydrogen-bond donors (Lipinski definition) is 1. The van der Waals surface area contributed by atoms with Gasteiger partial charge in [-0.05, 0) is 36.6 Å². The number of aromatic nitrogens is 2. The molecule has 0 saturated heterocycles. The Bertz CT molecular complexity index is 714. The third-order valence-electron chi connectivity index (χ3n) is 2.93. The van der Waals surface area contributed by atoms with E-state index in [-0.39, 0.29) is 0 Å². The fraction of sp³-hybridized carbons (Fsp3) is 0.154. The molecule has 2 heterocycles. The maximum Gasteiger partial charge on any atom is 0.153 e. The number of hydrogen-bond acceptors (Lipinski definition) is 3. The number of rotatable bonds is 2. The summed E-state index contributed by atoms with van der Waals surface area (Å²) in [5.41, 5.74) is 8.75. The van der Waals surface area contributed by atoms with Crippen molar-refractivity contribution in [1.29, 1.82) is 0 Å². The van der Waals surface area contributed by atoms with Crippen molar-refractivity contribution >= 4 is 39.7 Å². The van der Waals surface area contributed by atoms with E-state index in [2.05, 4.69) is 16.5 Å². The highest BCUT2D eigenvalue weighted by Gasteiger charge is 2.14. The molecule has 92 valence electrons. The van der Waals surface area contributed by atoms with Gasteiger partial charge in [0.15, 0.2) is 5.82 Å². The zero-order valence-electron chi connectivity index (χ0n) is 9.85. The zero-order chi connectivity index (χ0) is 12.7. The van der Waals surface area contributed by atoms with Crippen LogP contribution in [0.1, 0.15) is 6.92 Å². The van der Waals surface area contributed by atoms with Gasteiger partial charge in [-0.2, -0.15) is 0 Å². The first-order chi connectivity index (χ1) is 8.70. The Balaban J connectivity index is 2.32. The number of thiophene rings is 1. The number of fused-ring (bicyclic) bond motifs is 1. The summed E-state index contributed by atoms with van der Waals surface area (Å²) in [5, 5.41) is 2.69. The molecule has 1 aromatic carbocycles. The largest absolute Gasteiger partial charge is 0.397 e. The van der Waals surface area contributed by atoms with Gasteiger partial charge in [0.1, 0.15) is 0 Å². The lowest BCUT2D eigenvalue weighted by molar-refractivity contribution is 0.798. The lowest BCUT2D eigenvalue weighted by Crippen LogP contribution is -1.97. The monoisotopic (exact) mass is 277 g/mol. The number of nitrogens with zero attached hydrogens (tertiary/aromatic N) is 2. The second-order valence-electron chi connectivity index (χ2n) is 4.02. The number of nitrogens with two attached hydrogens (primary N) is 1. The number of anilines is 1. The zero-order valence-corrected chi connectivity index (χ0v) is 11.4. The van der Waals surface area contributed by atoms with Crippen LogP contribution in [0.4, 0.5) is 5.69 Å². The van der Waals surface area contributed by atoms with Crippen molar-refractivity contribution in [3.05, 3.63) is 34.7 Å². The summed E-state index contributed by atoms with van der Waals surface area (Å²) in [6, 6.07) is 7.68. The summed E-state index contributed by atoms with van der Waals surface area (Å²) < 4.78 is 2.16. The molecule has 3 rings (SSSR count). The predicted octanol–water partition coefficient (Wildman–Crippen LogP) is 4.02. The summed E-state index contributed by atoms with van der Waals surface area (Å²) in [5.74, 6) is 0.919. The molecule has 0 fully saturated rings. The Labute approximate surface area is 114 Å². The molecule has 0 unspecified atom stereocenters. The van der Waals surface area contributed by atoms with Crippen LogP contribution in [0.25, 0.3) is 21.7 Å². The van der Waals surface area contributed by atoms with Crippen LogP contribution in [0.2, 0.25) is 5.02 Å². The number of imidazole rings is 1. The van der Waals surface area contributed by atoms with Crippen LogP contribution in [0.3, 0.4) is 0 Å². The first-order valence-electron chi connectivity index (χ1n) is 5.70. The Kier molecular flexibility index (Phi) is 2.76. The summed E-state index contributed by atoms with van der Waals surface area (Å²) in [7, 11) is 0. The lowest BCUT2D eigenvalue weighted by Gasteiger charge is -2.04. The summed E-state index contributed by atoms with van der Waals surface area (Å²) in [4.78, 5) is 5.67. The molecule has 0 amide bonds. The molecule has 0 aliphatic carbocycles. The molecular formula is C13H12ClN3S. The fourth-order valence-corrected chi connectivity index (χ4v) is 3.08. The van der Waals surface area contributed by atoms with Crippen molar-refractivity contribution < 1.29 is 0 Å².